The van der Waals surface area contributed by atoms with Crippen LogP contribution < -0.4 is 5.32 Å². The van der Waals surface area contributed by atoms with Crippen LogP contribution in [-0.2, 0) is 0 Å². The number of carbonyl (C=O) groups is 1. The Balaban J connectivity index is 2.56. The van der Waals surface area contributed by atoms with Gasteiger partial charge < -0.3 is 10.4 Å². The highest BCUT2D eigenvalue weighted by Crippen LogP contribution is 2.11. The minimum atomic E-state index is -0.368. The summed E-state index contributed by atoms with van der Waals surface area (Å²) in [6.45, 7) is 4.06. The Kier molecular flexibility index (Phi) is 4.01. The maximum absolute atomic E-state index is 12.6. The molecule has 0 aliphatic carbocycles. The molecule has 0 saturated carbocycles. The van der Waals surface area contributed by atoms with E-state index in [9.17, 15) is 9.18 Å². The van der Waals surface area contributed by atoms with Crippen LogP contribution in [0.4, 0.5) is 4.39 Å². The van der Waals surface area contributed by atoms with Gasteiger partial charge in [0.05, 0.1) is 0 Å². The summed E-state index contributed by atoms with van der Waals surface area (Å²) in [6.07, 6.45) is 0. The molecule has 0 heterocycles. The molecule has 0 aromatic heterocycles. The van der Waals surface area contributed by atoms with Gasteiger partial charge in [0.25, 0.3) is 5.91 Å². The smallest absolute Gasteiger partial charge is 0.251 e. The van der Waals surface area contributed by atoms with Crippen LogP contribution in [0.15, 0.2) is 24.3 Å². The monoisotopic (exact) mass is 225 g/mol. The molecule has 0 aliphatic heterocycles. The zero-order chi connectivity index (χ0) is 12.2. The Bertz CT molecular complexity index is 360. The third kappa shape index (κ3) is 3.62. The minimum Gasteiger partial charge on any atom is -0.396 e. The molecule has 16 heavy (non-hydrogen) atoms. The maximum Gasteiger partial charge on any atom is 0.251 e. The van der Waals surface area contributed by atoms with Crippen molar-refractivity contribution in [2.45, 2.75) is 13.8 Å². The first-order valence-electron chi connectivity index (χ1n) is 5.09. The third-order valence-electron chi connectivity index (χ3n) is 2.26. The Morgan fingerprint density at radius 1 is 1.38 bits per heavy atom. The second-order valence-corrected chi connectivity index (χ2v) is 4.51. The summed E-state index contributed by atoms with van der Waals surface area (Å²) in [5.41, 5.74) is 0.0607. The van der Waals surface area contributed by atoms with E-state index in [1.165, 1.54) is 24.3 Å². The SMILES string of the molecule is CC(C)(CO)CNC(=O)c1ccc(F)cc1. The van der Waals surface area contributed by atoms with E-state index in [0.29, 0.717) is 12.1 Å². The Morgan fingerprint density at radius 2 is 1.94 bits per heavy atom. The average molecular weight is 225 g/mol. The van der Waals surface area contributed by atoms with Crippen LogP contribution in [0.3, 0.4) is 0 Å². The van der Waals surface area contributed by atoms with Crippen molar-refractivity contribution in [2.75, 3.05) is 13.2 Å². The zero-order valence-electron chi connectivity index (χ0n) is 9.46. The number of aliphatic hydroxyl groups excluding tert-OH is 1. The van der Waals surface area contributed by atoms with Gasteiger partial charge in [-0.3, -0.25) is 4.79 Å². The molecule has 2 N–H and O–H groups in total. The van der Waals surface area contributed by atoms with E-state index in [4.69, 9.17) is 5.11 Å². The quantitative estimate of drug-likeness (QED) is 0.817. The van der Waals surface area contributed by atoms with Crippen LogP contribution in [0.2, 0.25) is 0 Å². The number of hydrogen-bond donors (Lipinski definition) is 2. The lowest BCUT2D eigenvalue weighted by molar-refractivity contribution is 0.0911. The molecule has 0 radical (unpaired) electrons. The number of carbonyl (C=O) groups excluding carboxylic acids is 1. The summed E-state index contributed by atoms with van der Waals surface area (Å²) in [5, 5.41) is 11.7. The van der Waals surface area contributed by atoms with Crippen LogP contribution in [-0.4, -0.2) is 24.2 Å². The summed E-state index contributed by atoms with van der Waals surface area (Å²) in [7, 11) is 0. The Morgan fingerprint density at radius 3 is 2.44 bits per heavy atom. The molecule has 0 fully saturated rings. The highest BCUT2D eigenvalue weighted by atomic mass is 19.1. The van der Waals surface area contributed by atoms with Crippen molar-refractivity contribution < 1.29 is 14.3 Å². The van der Waals surface area contributed by atoms with Crippen molar-refractivity contribution in [1.29, 1.82) is 0 Å². The van der Waals surface area contributed by atoms with E-state index in [2.05, 4.69) is 5.32 Å². The molecule has 0 aliphatic rings. The van der Waals surface area contributed by atoms with E-state index < -0.39 is 0 Å². The van der Waals surface area contributed by atoms with Crippen LogP contribution in [0, 0.1) is 11.2 Å². The van der Waals surface area contributed by atoms with Crippen molar-refractivity contribution in [2.24, 2.45) is 5.41 Å². The van der Waals surface area contributed by atoms with Crippen molar-refractivity contribution in [3.63, 3.8) is 0 Å². The fourth-order valence-electron chi connectivity index (χ4n) is 1.08. The predicted octanol–water partition coefficient (Wildman–Crippen LogP) is 1.57. The maximum atomic E-state index is 12.6. The van der Waals surface area contributed by atoms with Gasteiger partial charge in [-0.25, -0.2) is 4.39 Å². The number of hydrogen-bond acceptors (Lipinski definition) is 2. The van der Waals surface area contributed by atoms with E-state index in [-0.39, 0.29) is 23.7 Å². The molecule has 0 atom stereocenters. The number of nitrogens with one attached hydrogen (secondary N) is 1. The van der Waals surface area contributed by atoms with Gasteiger partial charge in [-0.2, -0.15) is 0 Å². The zero-order valence-corrected chi connectivity index (χ0v) is 9.46. The second-order valence-electron chi connectivity index (χ2n) is 4.51. The van der Waals surface area contributed by atoms with Crippen LogP contribution in [0.25, 0.3) is 0 Å². The fourth-order valence-corrected chi connectivity index (χ4v) is 1.08. The second kappa shape index (κ2) is 5.07. The molecule has 1 rings (SSSR count). The summed E-state index contributed by atoms with van der Waals surface area (Å²) in [4.78, 5) is 11.6. The van der Waals surface area contributed by atoms with Crippen molar-refractivity contribution in [1.82, 2.24) is 5.32 Å². The Hall–Kier alpha value is -1.42. The Labute approximate surface area is 94.3 Å². The summed E-state index contributed by atoms with van der Waals surface area (Å²) >= 11 is 0. The lowest BCUT2D eigenvalue weighted by Crippen LogP contribution is -2.36. The summed E-state index contributed by atoms with van der Waals surface area (Å²) in [6, 6.07) is 5.34. The van der Waals surface area contributed by atoms with E-state index in [1.54, 1.807) is 0 Å². The number of halogens is 1. The van der Waals surface area contributed by atoms with Gasteiger partial charge in [-0.15, -0.1) is 0 Å². The summed E-state index contributed by atoms with van der Waals surface area (Å²) in [5.74, 6) is -0.631. The molecule has 88 valence electrons. The first kappa shape index (κ1) is 12.6. The van der Waals surface area contributed by atoms with Crippen LogP contribution in [0.1, 0.15) is 24.2 Å². The van der Waals surface area contributed by atoms with Gasteiger partial charge in [-0.05, 0) is 24.3 Å². The number of amides is 1. The molecular formula is C12H16FNO2. The first-order chi connectivity index (χ1) is 7.44. The van der Waals surface area contributed by atoms with Gasteiger partial charge in [0.15, 0.2) is 0 Å². The molecule has 1 aromatic rings. The topological polar surface area (TPSA) is 49.3 Å². The molecule has 1 amide bonds. The third-order valence-corrected chi connectivity index (χ3v) is 2.26. The predicted molar refractivity (Wildman–Crippen MR) is 59.6 cm³/mol. The molecular weight excluding hydrogens is 209 g/mol. The van der Waals surface area contributed by atoms with Crippen molar-refractivity contribution >= 4 is 5.91 Å². The fraction of sp³-hybridized carbons (Fsp3) is 0.417. The lowest BCUT2D eigenvalue weighted by Gasteiger charge is -2.21. The molecule has 4 heteroatoms. The minimum absolute atomic E-state index is 0.00328. The van der Waals surface area contributed by atoms with Crippen molar-refractivity contribution in [3.8, 4) is 0 Å². The largest absolute Gasteiger partial charge is 0.396 e. The highest BCUT2D eigenvalue weighted by molar-refractivity contribution is 5.94. The molecule has 0 spiro atoms. The molecule has 0 bridgehead atoms. The molecule has 3 nitrogen and oxygen atoms in total. The average Bonchev–Trinajstić information content (AvgIpc) is 2.27. The number of benzene rings is 1. The van der Waals surface area contributed by atoms with E-state index >= 15 is 0 Å². The van der Waals surface area contributed by atoms with Gasteiger partial charge in [0.2, 0.25) is 0 Å². The molecule has 0 saturated heterocycles. The number of rotatable bonds is 4. The van der Waals surface area contributed by atoms with Gasteiger partial charge in [-0.1, -0.05) is 13.8 Å². The van der Waals surface area contributed by atoms with E-state index in [1.807, 2.05) is 13.8 Å². The van der Waals surface area contributed by atoms with Gasteiger partial charge in [0, 0.05) is 24.1 Å². The highest BCUT2D eigenvalue weighted by Gasteiger charge is 2.17. The van der Waals surface area contributed by atoms with E-state index in [0.717, 1.165) is 0 Å². The van der Waals surface area contributed by atoms with Gasteiger partial charge in [0.1, 0.15) is 5.82 Å². The number of aliphatic hydroxyl groups is 1. The van der Waals surface area contributed by atoms with Gasteiger partial charge >= 0.3 is 0 Å². The molecule has 0 unspecified atom stereocenters. The van der Waals surface area contributed by atoms with Crippen molar-refractivity contribution in [3.05, 3.63) is 35.6 Å². The molecule has 1 aromatic carbocycles. The first-order valence-corrected chi connectivity index (χ1v) is 5.09. The lowest BCUT2D eigenvalue weighted by atomic mass is 9.95. The normalized spacial score (nSPS) is 11.2. The van der Waals surface area contributed by atoms with Crippen LogP contribution >= 0.6 is 0 Å². The van der Waals surface area contributed by atoms with Crippen LogP contribution in [0.5, 0.6) is 0 Å². The summed E-state index contributed by atoms with van der Waals surface area (Å²) < 4.78 is 12.6. The standard InChI is InChI=1S/C12H16FNO2/c1-12(2,8-15)7-14-11(16)9-3-5-10(13)6-4-9/h3-6,15H,7-8H2,1-2H3,(H,14,16).